The van der Waals surface area contributed by atoms with Crippen LogP contribution < -0.4 is 5.14 Å². The highest BCUT2D eigenvalue weighted by Crippen LogP contribution is 2.34. The van der Waals surface area contributed by atoms with E-state index in [0.29, 0.717) is 6.61 Å². The third-order valence-electron chi connectivity index (χ3n) is 3.38. The Kier molecular flexibility index (Phi) is 4.19. The summed E-state index contributed by atoms with van der Waals surface area (Å²) in [6.07, 6.45) is 4.38. The third kappa shape index (κ3) is 3.21. The number of ether oxygens (including phenoxy) is 1. The summed E-state index contributed by atoms with van der Waals surface area (Å²) >= 11 is 0. The molecule has 0 saturated heterocycles. The zero-order valence-electron chi connectivity index (χ0n) is 11.7. The van der Waals surface area contributed by atoms with Gasteiger partial charge < -0.3 is 9.30 Å². The molecule has 2 N–H and O–H groups in total. The number of sulfonamides is 1. The quantitative estimate of drug-likeness (QED) is 0.837. The van der Waals surface area contributed by atoms with Crippen LogP contribution in [0.3, 0.4) is 0 Å². The Hall–Kier alpha value is -1.34. The zero-order valence-corrected chi connectivity index (χ0v) is 12.5. The maximum absolute atomic E-state index is 12.1. The second-order valence-electron chi connectivity index (χ2n) is 5.59. The molecule has 112 valence electrons. The van der Waals surface area contributed by atoms with Crippen molar-refractivity contribution in [2.75, 3.05) is 6.61 Å². The minimum atomic E-state index is -3.82. The smallest absolute Gasteiger partial charge is 0.355 e. The number of hydrogen-bond acceptors (Lipinski definition) is 4. The lowest BCUT2D eigenvalue weighted by Gasteiger charge is -2.28. The van der Waals surface area contributed by atoms with Gasteiger partial charge in [-0.25, -0.2) is 18.4 Å². The van der Waals surface area contributed by atoms with E-state index in [0.717, 1.165) is 19.3 Å². The van der Waals surface area contributed by atoms with Gasteiger partial charge in [-0.2, -0.15) is 0 Å². The fraction of sp³-hybridized carbons (Fsp3) is 0.615. The van der Waals surface area contributed by atoms with Crippen LogP contribution in [-0.2, 0) is 14.8 Å². The molecule has 0 bridgehead atoms. The van der Waals surface area contributed by atoms with Gasteiger partial charge >= 0.3 is 5.97 Å². The SMILES string of the molecule is CC(C)COC(=O)c1cc(S(N)(=O)=O)cn1C1CCC1. The molecule has 1 aliphatic carbocycles. The van der Waals surface area contributed by atoms with Crippen molar-refractivity contribution < 1.29 is 17.9 Å². The molecule has 20 heavy (non-hydrogen) atoms. The van der Waals surface area contributed by atoms with Crippen molar-refractivity contribution in [2.24, 2.45) is 11.1 Å². The number of esters is 1. The highest BCUT2D eigenvalue weighted by atomic mass is 32.2. The van der Waals surface area contributed by atoms with E-state index in [4.69, 9.17) is 9.88 Å². The van der Waals surface area contributed by atoms with Gasteiger partial charge in [-0.05, 0) is 31.2 Å². The van der Waals surface area contributed by atoms with Gasteiger partial charge in [0.2, 0.25) is 10.0 Å². The van der Waals surface area contributed by atoms with Crippen molar-refractivity contribution in [3.63, 3.8) is 0 Å². The van der Waals surface area contributed by atoms with E-state index in [1.807, 2.05) is 13.8 Å². The van der Waals surface area contributed by atoms with E-state index in [2.05, 4.69) is 0 Å². The molecule has 0 amide bonds. The lowest BCUT2D eigenvalue weighted by atomic mass is 9.93. The number of aromatic nitrogens is 1. The van der Waals surface area contributed by atoms with Crippen molar-refractivity contribution in [3.05, 3.63) is 18.0 Å². The first kappa shape index (κ1) is 15.1. The summed E-state index contributed by atoms with van der Waals surface area (Å²) in [4.78, 5) is 12.0. The largest absolute Gasteiger partial charge is 0.461 e. The van der Waals surface area contributed by atoms with E-state index in [-0.39, 0.29) is 22.5 Å². The second kappa shape index (κ2) is 5.57. The van der Waals surface area contributed by atoms with Gasteiger partial charge in [0.25, 0.3) is 0 Å². The standard InChI is InChI=1S/C13H20N2O4S/c1-9(2)8-19-13(16)12-6-11(20(14,17)18)7-15(12)10-4-3-5-10/h6-7,9-10H,3-5,8H2,1-2H3,(H2,14,17,18). The van der Waals surface area contributed by atoms with Gasteiger partial charge in [0.15, 0.2) is 0 Å². The molecular weight excluding hydrogens is 280 g/mol. The first-order valence-corrected chi connectivity index (χ1v) is 8.25. The molecule has 1 saturated carbocycles. The Morgan fingerprint density at radius 3 is 2.60 bits per heavy atom. The second-order valence-corrected chi connectivity index (χ2v) is 7.15. The third-order valence-corrected chi connectivity index (χ3v) is 4.26. The minimum absolute atomic E-state index is 0.0408. The minimum Gasteiger partial charge on any atom is -0.461 e. The van der Waals surface area contributed by atoms with Crippen LogP contribution in [0.1, 0.15) is 49.6 Å². The molecule has 0 aromatic carbocycles. The van der Waals surface area contributed by atoms with Gasteiger partial charge in [0, 0.05) is 12.2 Å². The Labute approximate surface area is 119 Å². The molecule has 1 aromatic heterocycles. The van der Waals surface area contributed by atoms with Crippen LogP contribution in [-0.4, -0.2) is 25.6 Å². The highest BCUT2D eigenvalue weighted by molar-refractivity contribution is 7.89. The first-order chi connectivity index (χ1) is 9.29. The molecule has 1 heterocycles. The predicted molar refractivity (Wildman–Crippen MR) is 73.8 cm³/mol. The fourth-order valence-electron chi connectivity index (χ4n) is 2.06. The van der Waals surface area contributed by atoms with Crippen LogP contribution >= 0.6 is 0 Å². The molecule has 1 aliphatic rings. The summed E-state index contributed by atoms with van der Waals surface area (Å²) in [5, 5.41) is 5.13. The molecule has 0 atom stereocenters. The van der Waals surface area contributed by atoms with Crippen LogP contribution in [0.25, 0.3) is 0 Å². The van der Waals surface area contributed by atoms with E-state index in [1.54, 1.807) is 4.57 Å². The lowest BCUT2D eigenvalue weighted by molar-refractivity contribution is 0.0440. The molecular formula is C13H20N2O4S. The van der Waals surface area contributed by atoms with E-state index < -0.39 is 16.0 Å². The summed E-state index contributed by atoms with van der Waals surface area (Å²) < 4.78 is 29.7. The van der Waals surface area contributed by atoms with Crippen LogP contribution in [0, 0.1) is 5.92 Å². The van der Waals surface area contributed by atoms with Crippen molar-refractivity contribution in [2.45, 2.75) is 44.0 Å². The van der Waals surface area contributed by atoms with Gasteiger partial charge in [-0.1, -0.05) is 13.8 Å². The monoisotopic (exact) mass is 300 g/mol. The summed E-state index contributed by atoms with van der Waals surface area (Å²) in [5.41, 5.74) is 0.263. The van der Waals surface area contributed by atoms with E-state index in [1.165, 1.54) is 12.3 Å². The predicted octanol–water partition coefficient (Wildman–Crippen LogP) is 1.67. The van der Waals surface area contributed by atoms with Gasteiger partial charge in [-0.15, -0.1) is 0 Å². The summed E-state index contributed by atoms with van der Waals surface area (Å²) in [5.74, 6) is -0.274. The number of nitrogens with zero attached hydrogens (tertiary/aromatic N) is 1. The topological polar surface area (TPSA) is 91.4 Å². The van der Waals surface area contributed by atoms with E-state index in [9.17, 15) is 13.2 Å². The van der Waals surface area contributed by atoms with E-state index >= 15 is 0 Å². The number of carbonyl (C=O) groups is 1. The average molecular weight is 300 g/mol. The maximum Gasteiger partial charge on any atom is 0.355 e. The molecule has 7 heteroatoms. The number of carbonyl (C=O) groups excluding carboxylic acids is 1. The maximum atomic E-state index is 12.1. The van der Waals surface area contributed by atoms with Gasteiger partial charge in [0.05, 0.1) is 6.61 Å². The van der Waals surface area contributed by atoms with Crippen LogP contribution in [0.4, 0.5) is 0 Å². The molecule has 0 aliphatic heterocycles. The number of hydrogen-bond donors (Lipinski definition) is 1. The number of primary sulfonamides is 1. The molecule has 1 aromatic rings. The zero-order chi connectivity index (χ0) is 14.9. The van der Waals surface area contributed by atoms with Crippen molar-refractivity contribution in [1.82, 2.24) is 4.57 Å². The Bertz CT molecular complexity index is 600. The summed E-state index contributed by atoms with van der Waals surface area (Å²) in [7, 11) is -3.82. The normalized spacial score (nSPS) is 16.2. The van der Waals surface area contributed by atoms with Crippen LogP contribution in [0.5, 0.6) is 0 Å². The van der Waals surface area contributed by atoms with Crippen molar-refractivity contribution >= 4 is 16.0 Å². The summed E-state index contributed by atoms with van der Waals surface area (Å²) in [6.45, 7) is 4.18. The number of nitrogens with two attached hydrogens (primary N) is 1. The Morgan fingerprint density at radius 2 is 2.15 bits per heavy atom. The molecule has 2 rings (SSSR count). The molecule has 0 radical (unpaired) electrons. The fourth-order valence-corrected chi connectivity index (χ4v) is 2.59. The average Bonchev–Trinajstić information content (AvgIpc) is 2.67. The van der Waals surface area contributed by atoms with Crippen molar-refractivity contribution in [3.8, 4) is 0 Å². The molecule has 0 spiro atoms. The Balaban J connectivity index is 2.29. The molecule has 1 fully saturated rings. The summed E-state index contributed by atoms with van der Waals surface area (Å²) in [6, 6.07) is 1.46. The molecule has 0 unspecified atom stereocenters. The lowest BCUT2D eigenvalue weighted by Crippen LogP contribution is -2.22. The van der Waals surface area contributed by atoms with Crippen LogP contribution in [0.2, 0.25) is 0 Å². The molecule has 6 nitrogen and oxygen atoms in total. The Morgan fingerprint density at radius 1 is 1.50 bits per heavy atom. The highest BCUT2D eigenvalue weighted by Gasteiger charge is 2.27. The number of rotatable bonds is 5. The van der Waals surface area contributed by atoms with Gasteiger partial charge in [0.1, 0.15) is 10.6 Å². The van der Waals surface area contributed by atoms with Crippen LogP contribution in [0.15, 0.2) is 17.2 Å². The van der Waals surface area contributed by atoms with Crippen molar-refractivity contribution in [1.29, 1.82) is 0 Å². The van der Waals surface area contributed by atoms with Gasteiger partial charge in [-0.3, -0.25) is 0 Å². The first-order valence-electron chi connectivity index (χ1n) is 6.71.